The van der Waals surface area contributed by atoms with E-state index >= 15 is 0 Å². The molecule has 276 valence electrons. The molecule has 6 aromatic carbocycles. The Hall–Kier alpha value is -6.06. The molecule has 1 aliphatic heterocycles. The summed E-state index contributed by atoms with van der Waals surface area (Å²) in [5, 5.41) is 27.4. The van der Waals surface area contributed by atoms with Crippen molar-refractivity contribution in [3.8, 4) is 11.5 Å². The second kappa shape index (κ2) is 16.3. The normalized spacial score (nSPS) is 14.3. The third kappa shape index (κ3) is 7.82. The van der Waals surface area contributed by atoms with Gasteiger partial charge in [-0.15, -0.1) is 0 Å². The lowest BCUT2D eigenvalue weighted by Crippen LogP contribution is -2.30. The molecule has 9 heteroatoms. The molecule has 0 radical (unpaired) electrons. The van der Waals surface area contributed by atoms with Crippen LogP contribution in [-0.4, -0.2) is 59.8 Å². The number of fused-ring (bicyclic) bond motifs is 2. The number of carboxylic acid groups (broad SMARTS) is 2. The topological polar surface area (TPSA) is 112 Å². The lowest BCUT2D eigenvalue weighted by Gasteiger charge is -2.30. The Morgan fingerprint density at radius 3 is 2.11 bits per heavy atom. The molecule has 1 unspecified atom stereocenters. The minimum atomic E-state index is -1.05. The van der Waals surface area contributed by atoms with Gasteiger partial charge in [0.25, 0.3) is 0 Å². The van der Waals surface area contributed by atoms with Crippen molar-refractivity contribution in [2.75, 3.05) is 36.9 Å². The number of ether oxygens (including phenoxy) is 2. The molecule has 0 bridgehead atoms. The summed E-state index contributed by atoms with van der Waals surface area (Å²) < 4.78 is 12.6. The summed E-state index contributed by atoms with van der Waals surface area (Å²) in [6.45, 7) is 4.84. The zero-order valence-electron chi connectivity index (χ0n) is 30.6. The number of anilines is 3. The van der Waals surface area contributed by atoms with Crippen LogP contribution in [0, 0.1) is 0 Å². The van der Waals surface area contributed by atoms with Crippen LogP contribution < -0.4 is 19.7 Å². The molecule has 0 aliphatic carbocycles. The minimum Gasteiger partial charge on any atom is -0.488 e. The fourth-order valence-electron chi connectivity index (χ4n) is 7.55. The molecular weight excluding hydrogens is 679 g/mol. The van der Waals surface area contributed by atoms with Gasteiger partial charge in [0.1, 0.15) is 35.8 Å². The highest BCUT2D eigenvalue weighted by Gasteiger charge is 2.24. The fraction of sp³-hybridized carbons (Fsp3) is 0.244. The van der Waals surface area contributed by atoms with E-state index in [4.69, 9.17) is 9.47 Å². The van der Waals surface area contributed by atoms with Gasteiger partial charge in [0, 0.05) is 53.7 Å². The molecule has 0 spiro atoms. The van der Waals surface area contributed by atoms with Gasteiger partial charge >= 0.3 is 11.9 Å². The zero-order chi connectivity index (χ0) is 37.6. The third-order valence-electron chi connectivity index (χ3n) is 10.4. The van der Waals surface area contributed by atoms with E-state index in [0.29, 0.717) is 30.6 Å². The smallest absolute Gasteiger partial charge is 0.339 e. The van der Waals surface area contributed by atoms with Gasteiger partial charge < -0.3 is 34.8 Å². The van der Waals surface area contributed by atoms with Crippen LogP contribution in [0.4, 0.5) is 17.1 Å². The van der Waals surface area contributed by atoms with E-state index in [9.17, 15) is 19.8 Å². The van der Waals surface area contributed by atoms with Crippen LogP contribution >= 0.6 is 0 Å². The Kier molecular flexibility index (Phi) is 11.0. The quantitative estimate of drug-likeness (QED) is 0.0954. The molecule has 1 heterocycles. The van der Waals surface area contributed by atoms with Gasteiger partial charge in [-0.25, -0.2) is 9.59 Å². The number of rotatable bonds is 15. The number of hydrogen-bond donors (Lipinski definition) is 3. The highest BCUT2D eigenvalue weighted by molar-refractivity contribution is 5.99. The largest absolute Gasteiger partial charge is 0.488 e. The van der Waals surface area contributed by atoms with Crippen LogP contribution in [0.2, 0.25) is 0 Å². The summed E-state index contributed by atoms with van der Waals surface area (Å²) in [5.41, 5.74) is 4.68. The Labute approximate surface area is 315 Å². The summed E-state index contributed by atoms with van der Waals surface area (Å²) in [7, 11) is 2.18. The van der Waals surface area contributed by atoms with Crippen molar-refractivity contribution >= 4 is 50.5 Å². The Balaban J connectivity index is 1.25. The number of hydrogen-bond acceptors (Lipinski definition) is 7. The maximum Gasteiger partial charge on any atom is 0.339 e. The number of carboxylic acids is 2. The van der Waals surface area contributed by atoms with Crippen LogP contribution in [-0.2, 0) is 13.2 Å². The van der Waals surface area contributed by atoms with Crippen molar-refractivity contribution in [3.05, 3.63) is 138 Å². The van der Waals surface area contributed by atoms with Crippen LogP contribution in [0.5, 0.6) is 11.5 Å². The number of nitrogens with zero attached hydrogens (tertiary/aromatic N) is 2. The van der Waals surface area contributed by atoms with E-state index in [1.165, 1.54) is 6.42 Å². The van der Waals surface area contributed by atoms with E-state index in [2.05, 4.69) is 58.6 Å². The van der Waals surface area contributed by atoms with Crippen LogP contribution in [0.1, 0.15) is 58.0 Å². The van der Waals surface area contributed by atoms with Crippen molar-refractivity contribution in [2.45, 2.75) is 45.4 Å². The molecule has 0 amide bonds. The molecule has 0 aromatic heterocycles. The van der Waals surface area contributed by atoms with Crippen LogP contribution in [0.3, 0.4) is 0 Å². The highest BCUT2D eigenvalue weighted by atomic mass is 16.5. The molecule has 7 rings (SSSR count). The second-order valence-corrected chi connectivity index (χ2v) is 13.8. The molecular formula is C45H45N3O6. The summed E-state index contributed by atoms with van der Waals surface area (Å²) >= 11 is 0. The van der Waals surface area contributed by atoms with Crippen molar-refractivity contribution in [1.82, 2.24) is 4.90 Å². The van der Waals surface area contributed by atoms with E-state index in [1.54, 1.807) is 24.3 Å². The van der Waals surface area contributed by atoms with E-state index < -0.39 is 11.9 Å². The maximum absolute atomic E-state index is 12.5. The zero-order valence-corrected chi connectivity index (χ0v) is 30.6. The number of aromatic carboxylic acids is 2. The molecule has 54 heavy (non-hydrogen) atoms. The van der Waals surface area contributed by atoms with Gasteiger partial charge in [0.05, 0.1) is 0 Å². The van der Waals surface area contributed by atoms with Crippen LogP contribution in [0.25, 0.3) is 21.5 Å². The molecule has 0 saturated carbocycles. The Bertz CT molecular complexity index is 2300. The van der Waals surface area contributed by atoms with Gasteiger partial charge in [-0.1, -0.05) is 72.8 Å². The Morgan fingerprint density at radius 1 is 0.759 bits per heavy atom. The number of benzene rings is 6. The SMILES string of the molecule is CCNc1ccc(C(=O)O)c(OCc2ccc(N(CCC3CCCN3C)c3ccc(C(=O)O)c(OCc4cccc5ccccc45)c3)c3ccccc23)c1. The van der Waals surface area contributed by atoms with E-state index in [-0.39, 0.29) is 24.3 Å². The molecule has 1 saturated heterocycles. The number of likely N-dealkylation sites (tertiary alicyclic amines) is 1. The molecule has 3 N–H and O–H groups in total. The lowest BCUT2D eigenvalue weighted by molar-refractivity contribution is 0.0680. The van der Waals surface area contributed by atoms with Crippen molar-refractivity contribution in [3.63, 3.8) is 0 Å². The summed E-state index contributed by atoms with van der Waals surface area (Å²) in [5.74, 6) is -1.50. The van der Waals surface area contributed by atoms with Gasteiger partial charge in [-0.2, -0.15) is 0 Å². The number of nitrogens with one attached hydrogen (secondary N) is 1. The van der Waals surface area contributed by atoms with Gasteiger partial charge in [-0.3, -0.25) is 0 Å². The summed E-state index contributed by atoms with van der Waals surface area (Å²) in [6.07, 6.45) is 3.22. The molecule has 6 aromatic rings. The van der Waals surface area contributed by atoms with Crippen molar-refractivity contribution < 1.29 is 29.3 Å². The van der Waals surface area contributed by atoms with Crippen molar-refractivity contribution in [2.24, 2.45) is 0 Å². The highest BCUT2D eigenvalue weighted by Crippen LogP contribution is 2.38. The Morgan fingerprint density at radius 2 is 1.41 bits per heavy atom. The molecule has 9 nitrogen and oxygen atoms in total. The third-order valence-corrected chi connectivity index (χ3v) is 10.4. The van der Waals surface area contributed by atoms with E-state index in [0.717, 1.165) is 69.1 Å². The molecule has 1 atom stereocenters. The van der Waals surface area contributed by atoms with E-state index in [1.807, 2.05) is 61.5 Å². The first kappa shape index (κ1) is 36.3. The second-order valence-electron chi connectivity index (χ2n) is 13.8. The average Bonchev–Trinajstić information content (AvgIpc) is 3.60. The van der Waals surface area contributed by atoms with Gasteiger partial charge in [0.15, 0.2) is 0 Å². The molecule has 1 fully saturated rings. The fourth-order valence-corrected chi connectivity index (χ4v) is 7.55. The standard InChI is InChI=1S/C45H45N3O6/c1-3-46-33-18-20-39(44(49)50)42(26-33)53-29-32-17-22-41(38-16-7-6-15-37(32)38)48(25-23-34-13-9-24-47(34)2)35-19-21-40(45(51)52)43(27-35)54-28-31-12-8-11-30-10-4-5-14-36(30)31/h4-8,10-12,14-22,26-27,34,46H,3,9,13,23-25,28-29H2,1-2H3,(H,49,50)(H,51,52). The van der Waals surface area contributed by atoms with Gasteiger partial charge in [0.2, 0.25) is 0 Å². The first-order chi connectivity index (χ1) is 26.3. The number of carbonyl (C=O) groups is 2. The lowest BCUT2D eigenvalue weighted by atomic mass is 10.0. The first-order valence-electron chi connectivity index (χ1n) is 18.5. The summed E-state index contributed by atoms with van der Waals surface area (Å²) in [4.78, 5) is 29.2. The minimum absolute atomic E-state index is 0.101. The molecule has 1 aliphatic rings. The predicted molar refractivity (Wildman–Crippen MR) is 215 cm³/mol. The predicted octanol–water partition coefficient (Wildman–Crippen LogP) is 9.60. The van der Waals surface area contributed by atoms with Crippen LogP contribution in [0.15, 0.2) is 115 Å². The van der Waals surface area contributed by atoms with Crippen molar-refractivity contribution in [1.29, 1.82) is 0 Å². The first-order valence-corrected chi connectivity index (χ1v) is 18.5. The summed E-state index contributed by atoms with van der Waals surface area (Å²) in [6, 6.07) is 37.2. The average molecular weight is 724 g/mol. The monoisotopic (exact) mass is 723 g/mol. The van der Waals surface area contributed by atoms with Gasteiger partial charge in [-0.05, 0) is 97.4 Å². The maximum atomic E-state index is 12.5.